The molecule has 162 valence electrons. The molecular formula is C24H22FN5O2. The van der Waals surface area contributed by atoms with Crippen molar-refractivity contribution in [1.82, 2.24) is 9.97 Å². The highest BCUT2D eigenvalue weighted by Crippen LogP contribution is 2.29. The van der Waals surface area contributed by atoms with Gasteiger partial charge in [-0.15, -0.1) is 0 Å². The fourth-order valence-electron chi connectivity index (χ4n) is 3.71. The Morgan fingerprint density at radius 2 is 1.72 bits per heavy atom. The molecule has 1 unspecified atom stereocenters. The predicted molar refractivity (Wildman–Crippen MR) is 120 cm³/mol. The molecule has 1 saturated heterocycles. The van der Waals surface area contributed by atoms with Crippen molar-refractivity contribution in [3.05, 3.63) is 72.7 Å². The Balaban J connectivity index is 1.64. The Hall–Kier alpha value is -3.99. The molecule has 0 amide bonds. The second-order valence-corrected chi connectivity index (χ2v) is 7.35. The minimum atomic E-state index is -1.20. The van der Waals surface area contributed by atoms with E-state index in [0.717, 1.165) is 5.69 Å². The number of ether oxygens (including phenoxy) is 1. The zero-order valence-electron chi connectivity index (χ0n) is 17.4. The summed E-state index contributed by atoms with van der Waals surface area (Å²) in [7, 11) is 0. The molecule has 7 nitrogen and oxygen atoms in total. The average molecular weight is 431 g/mol. The van der Waals surface area contributed by atoms with Crippen LogP contribution >= 0.6 is 0 Å². The summed E-state index contributed by atoms with van der Waals surface area (Å²) in [6.07, 6.45) is 1.45. The highest BCUT2D eigenvalue weighted by atomic mass is 19.1. The van der Waals surface area contributed by atoms with Gasteiger partial charge >= 0.3 is 5.97 Å². The van der Waals surface area contributed by atoms with Gasteiger partial charge in [-0.25, -0.2) is 14.4 Å². The van der Waals surface area contributed by atoms with Crippen LogP contribution in [0.2, 0.25) is 0 Å². The van der Waals surface area contributed by atoms with Crippen molar-refractivity contribution < 1.29 is 13.9 Å². The number of hydrogen-bond donors (Lipinski definition) is 0. The molecule has 2 heterocycles. The lowest BCUT2D eigenvalue weighted by molar-refractivity contribution is -0.142. The number of rotatable bonds is 6. The molecule has 4 rings (SSSR count). The van der Waals surface area contributed by atoms with Crippen LogP contribution in [-0.4, -0.2) is 48.7 Å². The summed E-state index contributed by atoms with van der Waals surface area (Å²) in [5.74, 6) is -1.64. The number of hydrogen-bond acceptors (Lipinski definition) is 7. The monoisotopic (exact) mass is 431 g/mol. The van der Waals surface area contributed by atoms with E-state index in [4.69, 9.17) is 9.72 Å². The number of anilines is 2. The van der Waals surface area contributed by atoms with Gasteiger partial charge in [0.1, 0.15) is 18.1 Å². The minimum Gasteiger partial charge on any atom is -0.460 e. The van der Waals surface area contributed by atoms with Crippen LogP contribution in [0.1, 0.15) is 11.6 Å². The first-order valence-electron chi connectivity index (χ1n) is 10.3. The summed E-state index contributed by atoms with van der Waals surface area (Å²) < 4.78 is 18.4. The molecule has 0 saturated carbocycles. The third kappa shape index (κ3) is 4.37. The van der Waals surface area contributed by atoms with Crippen LogP contribution < -0.4 is 9.80 Å². The van der Waals surface area contributed by atoms with Gasteiger partial charge in [0.25, 0.3) is 0 Å². The first-order valence-corrected chi connectivity index (χ1v) is 10.3. The third-order valence-corrected chi connectivity index (χ3v) is 5.33. The molecule has 1 aliphatic heterocycles. The number of piperazine rings is 1. The van der Waals surface area contributed by atoms with Crippen molar-refractivity contribution in [3.8, 4) is 6.07 Å². The Morgan fingerprint density at radius 3 is 2.34 bits per heavy atom. The number of esters is 1. The number of aromatic nitrogens is 2. The lowest BCUT2D eigenvalue weighted by Crippen LogP contribution is -2.47. The topological polar surface area (TPSA) is 82.3 Å². The van der Waals surface area contributed by atoms with E-state index in [0.29, 0.717) is 43.0 Å². The fourth-order valence-corrected chi connectivity index (χ4v) is 3.71. The number of para-hydroxylation sites is 2. The van der Waals surface area contributed by atoms with E-state index >= 15 is 0 Å². The number of halogens is 1. The molecular weight excluding hydrogens is 409 g/mol. The fraction of sp³-hybridized carbons (Fsp3) is 0.250. The van der Waals surface area contributed by atoms with Crippen LogP contribution in [0.4, 0.5) is 15.9 Å². The van der Waals surface area contributed by atoms with E-state index in [1.54, 1.807) is 18.2 Å². The normalized spacial score (nSPS) is 14.6. The number of carbonyl (C=O) groups is 1. The summed E-state index contributed by atoms with van der Waals surface area (Å²) in [6.45, 7) is 6.13. The minimum absolute atomic E-state index is 0.0176. The van der Waals surface area contributed by atoms with Crippen molar-refractivity contribution >= 4 is 28.5 Å². The van der Waals surface area contributed by atoms with Gasteiger partial charge in [0.05, 0.1) is 17.1 Å². The molecule has 0 radical (unpaired) electrons. The maximum Gasteiger partial charge on any atom is 0.330 e. The second-order valence-electron chi connectivity index (χ2n) is 7.35. The average Bonchev–Trinajstić information content (AvgIpc) is 2.83. The molecule has 8 heteroatoms. The first-order chi connectivity index (χ1) is 15.6. The quantitative estimate of drug-likeness (QED) is 0.437. The van der Waals surface area contributed by atoms with Crippen molar-refractivity contribution in [1.29, 1.82) is 5.26 Å². The molecule has 3 aromatic rings. The first kappa shape index (κ1) is 21.2. The van der Waals surface area contributed by atoms with Crippen LogP contribution in [-0.2, 0) is 9.53 Å². The summed E-state index contributed by atoms with van der Waals surface area (Å²) in [5, 5.41) is 9.76. The molecule has 1 fully saturated rings. The SMILES string of the molecule is C=CCOC(=O)C(C#N)c1nc2ccccc2nc1N1CCN(c2ccc(F)cc2)CC1. The number of fused-ring (bicyclic) bond motifs is 1. The highest BCUT2D eigenvalue weighted by Gasteiger charge is 2.31. The van der Waals surface area contributed by atoms with Gasteiger partial charge in [0.15, 0.2) is 11.7 Å². The van der Waals surface area contributed by atoms with Gasteiger partial charge in [0, 0.05) is 31.9 Å². The van der Waals surface area contributed by atoms with E-state index < -0.39 is 11.9 Å². The molecule has 1 aliphatic rings. The number of benzene rings is 2. The van der Waals surface area contributed by atoms with E-state index in [2.05, 4.69) is 16.5 Å². The van der Waals surface area contributed by atoms with Gasteiger partial charge in [-0.1, -0.05) is 24.8 Å². The van der Waals surface area contributed by atoms with Gasteiger partial charge < -0.3 is 14.5 Å². The maximum atomic E-state index is 13.2. The lowest BCUT2D eigenvalue weighted by atomic mass is 10.1. The van der Waals surface area contributed by atoms with Gasteiger partial charge in [-0.2, -0.15) is 5.26 Å². The van der Waals surface area contributed by atoms with Gasteiger partial charge in [-0.05, 0) is 36.4 Å². The third-order valence-electron chi connectivity index (χ3n) is 5.33. The standard InChI is InChI=1S/C24H22FN5O2/c1-2-15-32-24(31)19(16-26)22-23(28-21-6-4-3-5-20(21)27-22)30-13-11-29(12-14-30)18-9-7-17(25)8-10-18/h2-10,19H,1,11-15H2. The summed E-state index contributed by atoms with van der Waals surface area (Å²) in [4.78, 5) is 26.1. The van der Waals surface area contributed by atoms with Crippen LogP contribution in [0.25, 0.3) is 11.0 Å². The highest BCUT2D eigenvalue weighted by molar-refractivity contribution is 5.85. The van der Waals surface area contributed by atoms with Crippen molar-refractivity contribution in [2.75, 3.05) is 42.6 Å². The Morgan fingerprint density at radius 1 is 1.09 bits per heavy atom. The molecule has 0 N–H and O–H groups in total. The second kappa shape index (κ2) is 9.43. The molecule has 1 atom stereocenters. The van der Waals surface area contributed by atoms with Crippen LogP contribution in [0.3, 0.4) is 0 Å². The summed E-state index contributed by atoms with van der Waals surface area (Å²) >= 11 is 0. The number of carbonyl (C=O) groups excluding carboxylic acids is 1. The molecule has 0 bridgehead atoms. The predicted octanol–water partition coefficient (Wildman–Crippen LogP) is 3.43. The summed E-state index contributed by atoms with van der Waals surface area (Å²) in [6, 6.07) is 15.8. The molecule has 0 aliphatic carbocycles. The zero-order chi connectivity index (χ0) is 22.5. The molecule has 32 heavy (non-hydrogen) atoms. The van der Waals surface area contributed by atoms with E-state index in [9.17, 15) is 14.4 Å². The van der Waals surface area contributed by atoms with E-state index in [1.807, 2.05) is 29.2 Å². The smallest absolute Gasteiger partial charge is 0.330 e. The number of nitrogens with zero attached hydrogens (tertiary/aromatic N) is 5. The summed E-state index contributed by atoms with van der Waals surface area (Å²) in [5.41, 5.74) is 2.52. The van der Waals surface area contributed by atoms with Crippen LogP contribution in [0.15, 0.2) is 61.2 Å². The number of nitriles is 1. The largest absolute Gasteiger partial charge is 0.460 e. The van der Waals surface area contributed by atoms with Crippen LogP contribution in [0.5, 0.6) is 0 Å². The van der Waals surface area contributed by atoms with E-state index in [-0.39, 0.29) is 18.1 Å². The lowest BCUT2D eigenvalue weighted by Gasteiger charge is -2.37. The molecule has 0 spiro atoms. The maximum absolute atomic E-state index is 13.2. The van der Waals surface area contributed by atoms with Gasteiger partial charge in [-0.3, -0.25) is 4.79 Å². The molecule has 2 aromatic carbocycles. The van der Waals surface area contributed by atoms with Crippen molar-refractivity contribution in [3.63, 3.8) is 0 Å². The Bertz CT molecular complexity index is 1170. The van der Waals surface area contributed by atoms with Gasteiger partial charge in [0.2, 0.25) is 0 Å². The van der Waals surface area contributed by atoms with Crippen LogP contribution in [0, 0.1) is 17.1 Å². The van der Waals surface area contributed by atoms with Crippen molar-refractivity contribution in [2.24, 2.45) is 0 Å². The molecule has 1 aromatic heterocycles. The van der Waals surface area contributed by atoms with E-state index in [1.165, 1.54) is 18.2 Å². The Kier molecular flexibility index (Phi) is 6.26. The van der Waals surface area contributed by atoms with Crippen molar-refractivity contribution in [2.45, 2.75) is 5.92 Å². The zero-order valence-corrected chi connectivity index (χ0v) is 17.4. The Labute approximate surface area is 185 Å².